The topological polar surface area (TPSA) is 12.9 Å². The third kappa shape index (κ3) is 3.86. The van der Waals surface area contributed by atoms with Gasteiger partial charge in [-0.05, 0) is 67.1 Å². The first-order valence-electron chi connectivity index (χ1n) is 13.0. The average molecular weight is 484 g/mol. The van der Waals surface area contributed by atoms with Gasteiger partial charge in [-0.1, -0.05) is 127 Å². The van der Waals surface area contributed by atoms with Crippen molar-refractivity contribution in [3.05, 3.63) is 152 Å². The van der Waals surface area contributed by atoms with Gasteiger partial charge in [0.25, 0.3) is 0 Å². The van der Waals surface area contributed by atoms with E-state index >= 15 is 0 Å². The summed E-state index contributed by atoms with van der Waals surface area (Å²) in [7, 11) is 0. The molecule has 0 fully saturated rings. The highest BCUT2D eigenvalue weighted by atomic mass is 14.6. The molecule has 0 unspecified atom stereocenters. The van der Waals surface area contributed by atoms with E-state index in [0.717, 1.165) is 16.7 Å². The van der Waals surface area contributed by atoms with Crippen LogP contribution in [0.4, 0.5) is 0 Å². The van der Waals surface area contributed by atoms with E-state index in [1.165, 1.54) is 49.4 Å². The lowest BCUT2D eigenvalue weighted by molar-refractivity contribution is 1.33. The lowest BCUT2D eigenvalue weighted by Gasteiger charge is -2.18. The van der Waals surface area contributed by atoms with Crippen LogP contribution in [0, 0.1) is 0 Å². The molecule has 0 atom stereocenters. The molecule has 6 aromatic carbocycles. The average Bonchev–Trinajstić information content (AvgIpc) is 3.01. The molecule has 178 valence electrons. The van der Waals surface area contributed by atoms with E-state index < -0.39 is 0 Å². The quantitative estimate of drug-likeness (QED) is 0.227. The first-order chi connectivity index (χ1) is 18.9. The number of hydrogen-bond acceptors (Lipinski definition) is 1. The van der Waals surface area contributed by atoms with Crippen molar-refractivity contribution in [1.29, 1.82) is 0 Å². The van der Waals surface area contributed by atoms with Crippen LogP contribution in [0.25, 0.3) is 66.1 Å². The molecule has 0 spiro atoms. The van der Waals surface area contributed by atoms with Crippen molar-refractivity contribution in [1.82, 2.24) is 4.98 Å². The summed E-state index contributed by atoms with van der Waals surface area (Å²) < 4.78 is 0. The minimum atomic E-state index is 1.11. The van der Waals surface area contributed by atoms with Crippen LogP contribution in [0.1, 0.15) is 0 Å². The third-order valence-corrected chi connectivity index (χ3v) is 7.33. The molecule has 7 aromatic rings. The van der Waals surface area contributed by atoms with Crippen molar-refractivity contribution in [3.8, 4) is 44.5 Å². The SMILES string of the molecule is c1ccc(-c2cncc(-c3ccc4c(-c5ccccc5)c5ccccc5c(-c5ccccc5)c4c3)c2)cc1. The predicted octanol–water partition coefficient (Wildman–Crippen LogP) is 10.1. The highest BCUT2D eigenvalue weighted by molar-refractivity contribution is 6.21. The van der Waals surface area contributed by atoms with Crippen molar-refractivity contribution in [3.63, 3.8) is 0 Å². The highest BCUT2D eigenvalue weighted by Crippen LogP contribution is 2.44. The summed E-state index contributed by atoms with van der Waals surface area (Å²) in [5.41, 5.74) is 9.56. The van der Waals surface area contributed by atoms with Crippen LogP contribution in [-0.4, -0.2) is 4.98 Å². The van der Waals surface area contributed by atoms with Gasteiger partial charge in [-0.3, -0.25) is 4.98 Å². The molecule has 0 N–H and O–H groups in total. The molecule has 0 aliphatic carbocycles. The van der Waals surface area contributed by atoms with Gasteiger partial charge >= 0.3 is 0 Å². The lowest BCUT2D eigenvalue weighted by Crippen LogP contribution is -1.92. The summed E-state index contributed by atoms with van der Waals surface area (Å²) >= 11 is 0. The molecule has 38 heavy (non-hydrogen) atoms. The highest BCUT2D eigenvalue weighted by Gasteiger charge is 2.17. The maximum absolute atomic E-state index is 4.61. The van der Waals surface area contributed by atoms with Crippen molar-refractivity contribution in [2.45, 2.75) is 0 Å². The second-order valence-corrected chi connectivity index (χ2v) is 9.62. The molecular weight excluding hydrogens is 458 g/mol. The molecule has 1 heteroatoms. The van der Waals surface area contributed by atoms with E-state index in [4.69, 9.17) is 0 Å². The van der Waals surface area contributed by atoms with Gasteiger partial charge in [-0.2, -0.15) is 0 Å². The Hall–Kier alpha value is -5.01. The molecule has 7 rings (SSSR count). The van der Waals surface area contributed by atoms with Gasteiger partial charge < -0.3 is 0 Å². The molecule has 0 bridgehead atoms. The Morgan fingerprint density at radius 1 is 0.289 bits per heavy atom. The number of rotatable bonds is 4. The lowest BCUT2D eigenvalue weighted by atomic mass is 9.85. The van der Waals surface area contributed by atoms with Gasteiger partial charge in [0.1, 0.15) is 0 Å². The minimum absolute atomic E-state index is 1.11. The van der Waals surface area contributed by atoms with Crippen LogP contribution in [0.15, 0.2) is 152 Å². The Balaban J connectivity index is 1.55. The smallest absolute Gasteiger partial charge is 0.0346 e. The van der Waals surface area contributed by atoms with Crippen LogP contribution in [0.5, 0.6) is 0 Å². The van der Waals surface area contributed by atoms with Crippen LogP contribution >= 0.6 is 0 Å². The second kappa shape index (κ2) is 9.46. The molecule has 0 saturated carbocycles. The molecule has 0 amide bonds. The zero-order valence-corrected chi connectivity index (χ0v) is 20.9. The molecule has 1 aromatic heterocycles. The Morgan fingerprint density at radius 3 is 1.32 bits per heavy atom. The Bertz CT molecular complexity index is 1890. The summed E-state index contributed by atoms with van der Waals surface area (Å²) in [6.07, 6.45) is 3.91. The number of aromatic nitrogens is 1. The maximum Gasteiger partial charge on any atom is 0.0346 e. The molecule has 1 heterocycles. The molecular formula is C37H25N. The van der Waals surface area contributed by atoms with Gasteiger partial charge in [-0.15, -0.1) is 0 Å². The zero-order chi connectivity index (χ0) is 25.3. The second-order valence-electron chi connectivity index (χ2n) is 9.62. The van der Waals surface area contributed by atoms with E-state index in [9.17, 15) is 0 Å². The van der Waals surface area contributed by atoms with Gasteiger partial charge in [0, 0.05) is 23.5 Å². The van der Waals surface area contributed by atoms with Crippen LogP contribution < -0.4 is 0 Å². The summed E-state index contributed by atoms with van der Waals surface area (Å²) in [6.45, 7) is 0. The Kier molecular flexibility index (Phi) is 5.53. The molecule has 0 saturated heterocycles. The third-order valence-electron chi connectivity index (χ3n) is 7.33. The maximum atomic E-state index is 4.61. The van der Waals surface area contributed by atoms with Crippen LogP contribution in [0.2, 0.25) is 0 Å². The summed E-state index contributed by atoms with van der Waals surface area (Å²) in [5, 5.41) is 5.03. The number of hydrogen-bond donors (Lipinski definition) is 0. The van der Waals surface area contributed by atoms with Crippen molar-refractivity contribution in [2.24, 2.45) is 0 Å². The Labute approximate surface area is 222 Å². The molecule has 0 aliphatic heterocycles. The van der Waals surface area contributed by atoms with Gasteiger partial charge in [0.2, 0.25) is 0 Å². The normalized spacial score (nSPS) is 11.2. The number of nitrogens with zero attached hydrogens (tertiary/aromatic N) is 1. The van der Waals surface area contributed by atoms with Crippen molar-refractivity contribution in [2.75, 3.05) is 0 Å². The minimum Gasteiger partial charge on any atom is -0.263 e. The number of pyridine rings is 1. The first-order valence-corrected chi connectivity index (χ1v) is 13.0. The van der Waals surface area contributed by atoms with Gasteiger partial charge in [-0.25, -0.2) is 0 Å². The summed E-state index contributed by atoms with van der Waals surface area (Å²) in [4.78, 5) is 4.61. The fourth-order valence-electron chi connectivity index (χ4n) is 5.58. The summed E-state index contributed by atoms with van der Waals surface area (Å²) in [5.74, 6) is 0. The van der Waals surface area contributed by atoms with Gasteiger partial charge in [0.15, 0.2) is 0 Å². The van der Waals surface area contributed by atoms with Gasteiger partial charge in [0.05, 0.1) is 0 Å². The van der Waals surface area contributed by atoms with E-state index in [-0.39, 0.29) is 0 Å². The fraction of sp³-hybridized carbons (Fsp3) is 0. The monoisotopic (exact) mass is 483 g/mol. The first kappa shape index (κ1) is 22.2. The zero-order valence-electron chi connectivity index (χ0n) is 20.9. The number of fused-ring (bicyclic) bond motifs is 2. The number of benzene rings is 6. The predicted molar refractivity (Wildman–Crippen MR) is 161 cm³/mol. The summed E-state index contributed by atoms with van der Waals surface area (Å²) in [6, 6.07) is 49.9. The van der Waals surface area contributed by atoms with E-state index in [1.54, 1.807) is 0 Å². The molecule has 1 nitrogen and oxygen atoms in total. The van der Waals surface area contributed by atoms with Crippen LogP contribution in [0.3, 0.4) is 0 Å². The van der Waals surface area contributed by atoms with Crippen molar-refractivity contribution >= 4 is 21.5 Å². The standard InChI is InChI=1S/C37H25N/c1-4-12-26(13-5-1)30-22-31(25-38-24-30)29-20-21-34-35(23-29)37(28-16-8-3-9-17-28)33-19-11-10-18-32(33)36(34)27-14-6-2-7-15-27/h1-25H. The molecule has 0 aliphatic rings. The fourth-order valence-corrected chi connectivity index (χ4v) is 5.58. The van der Waals surface area contributed by atoms with Crippen molar-refractivity contribution < 1.29 is 0 Å². The Morgan fingerprint density at radius 2 is 0.737 bits per heavy atom. The largest absolute Gasteiger partial charge is 0.263 e. The van der Waals surface area contributed by atoms with E-state index in [2.05, 4.69) is 138 Å². The van der Waals surface area contributed by atoms with E-state index in [0.29, 0.717) is 0 Å². The van der Waals surface area contributed by atoms with E-state index in [1.807, 2.05) is 18.5 Å². The molecule has 0 radical (unpaired) electrons. The van der Waals surface area contributed by atoms with Crippen LogP contribution in [-0.2, 0) is 0 Å².